The second-order valence-electron chi connectivity index (χ2n) is 6.74. The zero-order valence-corrected chi connectivity index (χ0v) is 16.1. The molecule has 144 valence electrons. The molecule has 1 saturated carbocycles. The number of benzene rings is 1. The van der Waals surface area contributed by atoms with Crippen LogP contribution in [0.15, 0.2) is 23.1 Å². The van der Waals surface area contributed by atoms with Crippen LogP contribution >= 0.6 is 0 Å². The number of hydrogen-bond acceptors (Lipinski definition) is 6. The van der Waals surface area contributed by atoms with Gasteiger partial charge in [0.25, 0.3) is 0 Å². The third-order valence-corrected chi connectivity index (χ3v) is 7.36. The van der Waals surface area contributed by atoms with Crippen molar-refractivity contribution in [1.82, 2.24) is 4.31 Å². The van der Waals surface area contributed by atoms with E-state index in [1.165, 1.54) is 37.8 Å². The molecule has 1 heterocycles. The minimum Gasteiger partial charge on any atom is -0.493 e. The molecule has 8 heteroatoms. The first kappa shape index (κ1) is 19.0. The Morgan fingerprint density at radius 2 is 1.77 bits per heavy atom. The van der Waals surface area contributed by atoms with Crippen molar-refractivity contribution in [2.24, 2.45) is 5.92 Å². The van der Waals surface area contributed by atoms with Crippen LogP contribution in [0.3, 0.4) is 0 Å². The summed E-state index contributed by atoms with van der Waals surface area (Å²) in [5.41, 5.74) is 0. The zero-order chi connectivity index (χ0) is 18.9. The summed E-state index contributed by atoms with van der Waals surface area (Å²) >= 11 is 0. The van der Waals surface area contributed by atoms with E-state index >= 15 is 0 Å². The van der Waals surface area contributed by atoms with Gasteiger partial charge in [0.2, 0.25) is 10.0 Å². The summed E-state index contributed by atoms with van der Waals surface area (Å²) in [6, 6.07) is 3.56. The molecule has 3 atom stereocenters. The number of methoxy groups -OCH3 is 3. The van der Waals surface area contributed by atoms with E-state index in [0.717, 1.165) is 25.7 Å². The number of ether oxygens (including phenoxy) is 3. The Morgan fingerprint density at radius 3 is 2.42 bits per heavy atom. The molecule has 0 unspecified atom stereocenters. The number of fused-ring (bicyclic) bond motifs is 1. The molecular weight excluding hydrogens is 358 g/mol. The van der Waals surface area contributed by atoms with E-state index in [1.807, 2.05) is 0 Å². The van der Waals surface area contributed by atoms with E-state index in [9.17, 15) is 13.2 Å². The van der Waals surface area contributed by atoms with Crippen molar-refractivity contribution in [2.75, 3.05) is 21.3 Å². The third-order valence-electron chi connectivity index (χ3n) is 5.43. The molecule has 1 aliphatic heterocycles. The van der Waals surface area contributed by atoms with E-state index in [1.54, 1.807) is 6.07 Å². The lowest BCUT2D eigenvalue weighted by atomic mass is 9.85. The van der Waals surface area contributed by atoms with Gasteiger partial charge in [-0.1, -0.05) is 12.8 Å². The molecule has 1 aromatic rings. The number of esters is 1. The molecule has 26 heavy (non-hydrogen) atoms. The van der Waals surface area contributed by atoms with E-state index in [-0.39, 0.29) is 16.9 Å². The highest BCUT2D eigenvalue weighted by molar-refractivity contribution is 7.89. The van der Waals surface area contributed by atoms with Gasteiger partial charge in [0, 0.05) is 12.1 Å². The molecule has 2 fully saturated rings. The predicted molar refractivity (Wildman–Crippen MR) is 94.7 cm³/mol. The minimum absolute atomic E-state index is 0.0928. The van der Waals surface area contributed by atoms with Crippen LogP contribution in [0, 0.1) is 5.92 Å². The lowest BCUT2D eigenvalue weighted by molar-refractivity contribution is -0.144. The van der Waals surface area contributed by atoms with Gasteiger partial charge in [-0.05, 0) is 37.3 Å². The lowest BCUT2D eigenvalue weighted by Crippen LogP contribution is -2.46. The van der Waals surface area contributed by atoms with Crippen LogP contribution in [-0.2, 0) is 19.6 Å². The van der Waals surface area contributed by atoms with Crippen LogP contribution in [-0.4, -0.2) is 52.1 Å². The van der Waals surface area contributed by atoms with Crippen molar-refractivity contribution in [3.63, 3.8) is 0 Å². The summed E-state index contributed by atoms with van der Waals surface area (Å²) in [5.74, 6) is 0.488. The van der Waals surface area contributed by atoms with Crippen molar-refractivity contribution >= 4 is 16.0 Å². The van der Waals surface area contributed by atoms with Gasteiger partial charge in [0.05, 0.1) is 26.2 Å². The lowest BCUT2D eigenvalue weighted by Gasteiger charge is -2.32. The minimum atomic E-state index is -3.87. The van der Waals surface area contributed by atoms with Crippen LogP contribution in [0.2, 0.25) is 0 Å². The molecule has 1 aromatic carbocycles. The smallest absolute Gasteiger partial charge is 0.324 e. The van der Waals surface area contributed by atoms with Crippen molar-refractivity contribution in [2.45, 2.75) is 49.1 Å². The van der Waals surface area contributed by atoms with Gasteiger partial charge in [-0.2, -0.15) is 4.31 Å². The van der Waals surface area contributed by atoms with Crippen LogP contribution in [0.4, 0.5) is 0 Å². The van der Waals surface area contributed by atoms with Gasteiger partial charge in [0.1, 0.15) is 6.04 Å². The second-order valence-corrected chi connectivity index (χ2v) is 8.58. The maximum atomic E-state index is 13.4. The number of sulfonamides is 1. The molecule has 2 aliphatic rings. The van der Waals surface area contributed by atoms with Crippen LogP contribution in [0.5, 0.6) is 11.5 Å². The number of rotatable bonds is 5. The molecule has 0 amide bonds. The SMILES string of the molecule is COC(=O)[C@@H]1C[C@H]2CCCC[C@@H]2N1S(=O)(=O)c1ccc(OC)c(OC)c1. The van der Waals surface area contributed by atoms with Crippen LogP contribution in [0.25, 0.3) is 0 Å². The second kappa shape index (κ2) is 7.44. The first-order valence-corrected chi connectivity index (χ1v) is 10.2. The number of nitrogens with zero attached hydrogens (tertiary/aromatic N) is 1. The number of carbonyl (C=O) groups is 1. The van der Waals surface area contributed by atoms with E-state index in [2.05, 4.69) is 0 Å². The Labute approximate surface area is 154 Å². The number of carbonyl (C=O) groups excluding carboxylic acids is 1. The van der Waals surface area contributed by atoms with Crippen LogP contribution in [0.1, 0.15) is 32.1 Å². The molecule has 0 spiro atoms. The topological polar surface area (TPSA) is 82.1 Å². The molecule has 3 rings (SSSR count). The summed E-state index contributed by atoms with van der Waals surface area (Å²) in [5, 5.41) is 0. The predicted octanol–water partition coefficient (Wildman–Crippen LogP) is 2.20. The first-order valence-electron chi connectivity index (χ1n) is 8.77. The molecule has 7 nitrogen and oxygen atoms in total. The third kappa shape index (κ3) is 3.16. The van der Waals surface area contributed by atoms with Gasteiger partial charge in [-0.3, -0.25) is 4.79 Å². The van der Waals surface area contributed by atoms with Gasteiger partial charge in [-0.25, -0.2) is 8.42 Å². The fourth-order valence-corrected chi connectivity index (χ4v) is 6.08. The fourth-order valence-electron chi connectivity index (χ4n) is 4.20. The molecule has 0 aromatic heterocycles. The Balaban J connectivity index is 2.03. The van der Waals surface area contributed by atoms with Crippen LogP contribution < -0.4 is 9.47 Å². The normalized spacial score (nSPS) is 26.2. The van der Waals surface area contributed by atoms with E-state index in [0.29, 0.717) is 17.9 Å². The Morgan fingerprint density at radius 1 is 1.08 bits per heavy atom. The maximum absolute atomic E-state index is 13.4. The average molecular weight is 383 g/mol. The first-order chi connectivity index (χ1) is 12.4. The summed E-state index contributed by atoms with van der Waals surface area (Å²) in [4.78, 5) is 12.4. The van der Waals surface area contributed by atoms with E-state index < -0.39 is 22.0 Å². The summed E-state index contributed by atoms with van der Waals surface area (Å²) in [6.07, 6.45) is 4.26. The molecular formula is C18H25NO6S. The van der Waals surface area contributed by atoms with Crippen molar-refractivity contribution in [3.05, 3.63) is 18.2 Å². The monoisotopic (exact) mass is 383 g/mol. The van der Waals surface area contributed by atoms with Crippen molar-refractivity contribution in [3.8, 4) is 11.5 Å². The maximum Gasteiger partial charge on any atom is 0.324 e. The Bertz CT molecular complexity index is 778. The Kier molecular flexibility index (Phi) is 5.43. The summed E-state index contributed by atoms with van der Waals surface area (Å²) in [7, 11) is 0.372. The molecule has 1 aliphatic carbocycles. The zero-order valence-electron chi connectivity index (χ0n) is 15.3. The molecule has 1 saturated heterocycles. The van der Waals surface area contributed by atoms with Gasteiger partial charge in [0.15, 0.2) is 11.5 Å². The average Bonchev–Trinajstić information content (AvgIpc) is 3.07. The quantitative estimate of drug-likeness (QED) is 0.725. The fraction of sp³-hybridized carbons (Fsp3) is 0.611. The van der Waals surface area contributed by atoms with Gasteiger partial charge in [-0.15, -0.1) is 0 Å². The standard InChI is InChI=1S/C18H25NO6S/c1-23-16-9-8-13(11-17(16)24-2)26(21,22)19-14-7-5-4-6-12(14)10-15(19)18(20)25-3/h8-9,11-12,14-15H,4-7,10H2,1-3H3/t12-,14+,15+/m1/s1. The molecule has 0 bridgehead atoms. The molecule has 0 radical (unpaired) electrons. The molecule has 0 N–H and O–H groups in total. The van der Waals surface area contributed by atoms with Gasteiger partial charge >= 0.3 is 5.97 Å². The van der Waals surface area contributed by atoms with Crippen molar-refractivity contribution < 1.29 is 27.4 Å². The summed E-state index contributed by atoms with van der Waals surface area (Å²) in [6.45, 7) is 0. The Hall–Kier alpha value is -1.80. The largest absolute Gasteiger partial charge is 0.493 e. The number of hydrogen-bond donors (Lipinski definition) is 0. The van der Waals surface area contributed by atoms with Gasteiger partial charge < -0.3 is 14.2 Å². The van der Waals surface area contributed by atoms with Crippen molar-refractivity contribution in [1.29, 1.82) is 0 Å². The van der Waals surface area contributed by atoms with E-state index in [4.69, 9.17) is 14.2 Å². The highest BCUT2D eigenvalue weighted by Gasteiger charge is 2.51. The highest BCUT2D eigenvalue weighted by Crippen LogP contribution is 2.43. The summed E-state index contributed by atoms with van der Waals surface area (Å²) < 4.78 is 43.5. The highest BCUT2D eigenvalue weighted by atomic mass is 32.2.